The van der Waals surface area contributed by atoms with Gasteiger partial charge in [0.25, 0.3) is 0 Å². The van der Waals surface area contributed by atoms with Gasteiger partial charge in [0.1, 0.15) is 0 Å². The predicted molar refractivity (Wildman–Crippen MR) is 76.3 cm³/mol. The number of nitrogens with two attached hydrogens (primary N) is 1. The van der Waals surface area contributed by atoms with Crippen LogP contribution in [0, 0.1) is 12.8 Å². The molecule has 0 amide bonds. The van der Waals surface area contributed by atoms with Crippen LogP contribution >= 0.6 is 0 Å². The first-order chi connectivity index (χ1) is 9.19. The molecule has 2 aromatic heterocycles. The number of anilines is 1. The molecule has 5 nitrogen and oxygen atoms in total. The largest absolute Gasteiger partial charge is 0.339 e. The molecule has 0 saturated carbocycles. The molecule has 0 spiro atoms. The van der Waals surface area contributed by atoms with Crippen molar-refractivity contribution in [2.24, 2.45) is 11.7 Å². The Kier molecular flexibility index (Phi) is 3.14. The van der Waals surface area contributed by atoms with Crippen LogP contribution in [-0.2, 0) is 0 Å². The van der Waals surface area contributed by atoms with E-state index in [1.807, 2.05) is 29.6 Å². The maximum absolute atomic E-state index is 6.16. The summed E-state index contributed by atoms with van der Waals surface area (Å²) in [5.74, 6) is 1.38. The first-order valence-electron chi connectivity index (χ1n) is 7.02. The number of aryl methyl sites for hydroxylation is 1. The van der Waals surface area contributed by atoms with E-state index in [9.17, 15) is 0 Å². The monoisotopic (exact) mass is 259 g/mol. The maximum Gasteiger partial charge on any atom is 0.245 e. The average Bonchev–Trinajstić information content (AvgIpc) is 2.85. The van der Waals surface area contributed by atoms with E-state index >= 15 is 0 Å². The minimum atomic E-state index is 0.319. The van der Waals surface area contributed by atoms with Gasteiger partial charge in [-0.2, -0.15) is 4.98 Å². The van der Waals surface area contributed by atoms with Crippen LogP contribution in [0.15, 0.2) is 18.2 Å². The molecule has 1 aliphatic heterocycles. The molecule has 2 N–H and O–H groups in total. The lowest BCUT2D eigenvalue weighted by atomic mass is 9.91. The fourth-order valence-corrected chi connectivity index (χ4v) is 2.82. The molecule has 5 heteroatoms. The average molecular weight is 259 g/mol. The zero-order chi connectivity index (χ0) is 13.4. The number of hydrogen-bond acceptors (Lipinski definition) is 4. The molecule has 0 radical (unpaired) electrons. The highest BCUT2D eigenvalue weighted by molar-refractivity contribution is 5.46. The summed E-state index contributed by atoms with van der Waals surface area (Å²) in [6.07, 6.45) is 2.14. The zero-order valence-corrected chi connectivity index (χ0v) is 11.6. The standard InChI is InChI=1S/C14H21N5/c1-3-11-9-18(8-7-12(11)15)14-16-13-6-4-5-10(2)19(13)17-14/h4-6,11-12H,3,7-9,15H2,1-2H3. The van der Waals surface area contributed by atoms with Gasteiger partial charge in [-0.1, -0.05) is 19.4 Å². The van der Waals surface area contributed by atoms with Gasteiger partial charge < -0.3 is 10.6 Å². The third kappa shape index (κ3) is 2.18. The van der Waals surface area contributed by atoms with Crippen molar-refractivity contribution in [1.82, 2.24) is 14.6 Å². The molecule has 3 heterocycles. The van der Waals surface area contributed by atoms with E-state index in [-0.39, 0.29) is 0 Å². The summed E-state index contributed by atoms with van der Waals surface area (Å²) in [4.78, 5) is 6.90. The van der Waals surface area contributed by atoms with Gasteiger partial charge in [-0.3, -0.25) is 0 Å². The van der Waals surface area contributed by atoms with Gasteiger partial charge in [-0.15, -0.1) is 5.10 Å². The summed E-state index contributed by atoms with van der Waals surface area (Å²) in [6.45, 7) is 6.17. The topological polar surface area (TPSA) is 59.5 Å². The van der Waals surface area contributed by atoms with Crippen molar-refractivity contribution in [2.45, 2.75) is 32.7 Å². The summed E-state index contributed by atoms with van der Waals surface area (Å²) < 4.78 is 1.91. The molecule has 0 aromatic carbocycles. The van der Waals surface area contributed by atoms with E-state index in [1.54, 1.807) is 0 Å². The molecule has 2 unspecified atom stereocenters. The van der Waals surface area contributed by atoms with Gasteiger partial charge in [0.05, 0.1) is 0 Å². The SMILES string of the molecule is CCC1CN(c2nc3cccc(C)n3n2)CCC1N. The van der Waals surface area contributed by atoms with Gasteiger partial charge in [0, 0.05) is 24.8 Å². The summed E-state index contributed by atoms with van der Waals surface area (Å²) in [5, 5.41) is 4.62. The molecule has 19 heavy (non-hydrogen) atoms. The second kappa shape index (κ2) is 4.81. The smallest absolute Gasteiger partial charge is 0.245 e. The van der Waals surface area contributed by atoms with E-state index in [0.717, 1.165) is 43.2 Å². The van der Waals surface area contributed by atoms with Crippen molar-refractivity contribution >= 4 is 11.6 Å². The van der Waals surface area contributed by atoms with Gasteiger partial charge in [0.2, 0.25) is 5.95 Å². The molecule has 1 saturated heterocycles. The molecule has 2 aromatic rings. The summed E-state index contributed by atoms with van der Waals surface area (Å²) in [6, 6.07) is 6.38. The molecule has 1 aliphatic rings. The second-order valence-electron chi connectivity index (χ2n) is 5.42. The third-order valence-electron chi connectivity index (χ3n) is 4.14. The van der Waals surface area contributed by atoms with Gasteiger partial charge >= 0.3 is 0 Å². The number of nitrogens with zero attached hydrogens (tertiary/aromatic N) is 4. The molecule has 2 atom stereocenters. The van der Waals surface area contributed by atoms with Crippen LogP contribution in [0.3, 0.4) is 0 Å². The summed E-state index contributed by atoms with van der Waals surface area (Å²) in [5.41, 5.74) is 8.18. The van der Waals surface area contributed by atoms with Crippen LogP contribution in [0.4, 0.5) is 5.95 Å². The molecular weight excluding hydrogens is 238 g/mol. The molecular formula is C14H21N5. The number of pyridine rings is 1. The van der Waals surface area contributed by atoms with Crippen LogP contribution < -0.4 is 10.6 Å². The van der Waals surface area contributed by atoms with Crippen LogP contribution in [0.5, 0.6) is 0 Å². The minimum absolute atomic E-state index is 0.319. The lowest BCUT2D eigenvalue weighted by Crippen LogP contribution is -2.47. The van der Waals surface area contributed by atoms with Crippen LogP contribution in [0.2, 0.25) is 0 Å². The Morgan fingerprint density at radius 3 is 3.00 bits per heavy atom. The third-order valence-corrected chi connectivity index (χ3v) is 4.14. The first kappa shape index (κ1) is 12.4. The van der Waals surface area contributed by atoms with Crippen LogP contribution in [0.25, 0.3) is 5.65 Å². The number of hydrogen-bond donors (Lipinski definition) is 1. The fraction of sp³-hybridized carbons (Fsp3) is 0.571. The predicted octanol–water partition coefficient (Wildman–Crippen LogP) is 1.60. The molecule has 1 fully saturated rings. The maximum atomic E-state index is 6.16. The Labute approximate surface area is 113 Å². The minimum Gasteiger partial charge on any atom is -0.339 e. The number of piperidine rings is 1. The van der Waals surface area contributed by atoms with Crippen molar-refractivity contribution < 1.29 is 0 Å². The number of rotatable bonds is 2. The number of aromatic nitrogens is 3. The quantitative estimate of drug-likeness (QED) is 0.890. The van der Waals surface area contributed by atoms with Gasteiger partial charge in [0.15, 0.2) is 5.65 Å². The second-order valence-corrected chi connectivity index (χ2v) is 5.42. The lowest BCUT2D eigenvalue weighted by Gasteiger charge is -2.35. The highest BCUT2D eigenvalue weighted by Crippen LogP contribution is 2.22. The Balaban J connectivity index is 1.90. The van der Waals surface area contributed by atoms with Crippen LogP contribution in [-0.4, -0.2) is 33.7 Å². The van der Waals surface area contributed by atoms with E-state index in [4.69, 9.17) is 5.73 Å². The Morgan fingerprint density at radius 1 is 1.42 bits per heavy atom. The molecule has 3 rings (SSSR count). The van der Waals surface area contributed by atoms with Crippen LogP contribution in [0.1, 0.15) is 25.5 Å². The zero-order valence-electron chi connectivity index (χ0n) is 11.6. The Bertz CT molecular complexity index is 576. The van der Waals surface area contributed by atoms with Crippen molar-refractivity contribution in [3.63, 3.8) is 0 Å². The lowest BCUT2D eigenvalue weighted by molar-refractivity contribution is 0.345. The van der Waals surface area contributed by atoms with E-state index in [0.29, 0.717) is 12.0 Å². The summed E-state index contributed by atoms with van der Waals surface area (Å²) >= 11 is 0. The molecule has 0 aliphatic carbocycles. The fourth-order valence-electron chi connectivity index (χ4n) is 2.82. The van der Waals surface area contributed by atoms with Gasteiger partial charge in [-0.25, -0.2) is 4.52 Å². The van der Waals surface area contributed by atoms with E-state index < -0.39 is 0 Å². The highest BCUT2D eigenvalue weighted by Gasteiger charge is 2.27. The van der Waals surface area contributed by atoms with Crippen molar-refractivity contribution in [1.29, 1.82) is 0 Å². The van der Waals surface area contributed by atoms with Crippen molar-refractivity contribution in [3.05, 3.63) is 23.9 Å². The molecule has 0 bridgehead atoms. The Hall–Kier alpha value is -1.62. The Morgan fingerprint density at radius 2 is 2.26 bits per heavy atom. The number of fused-ring (bicyclic) bond motifs is 1. The van der Waals surface area contributed by atoms with E-state index in [2.05, 4.69) is 21.9 Å². The van der Waals surface area contributed by atoms with Crippen molar-refractivity contribution in [3.8, 4) is 0 Å². The summed E-state index contributed by atoms with van der Waals surface area (Å²) in [7, 11) is 0. The highest BCUT2D eigenvalue weighted by atomic mass is 15.4. The van der Waals surface area contributed by atoms with E-state index in [1.165, 1.54) is 0 Å². The normalized spacial score (nSPS) is 24.1. The molecule has 102 valence electrons. The van der Waals surface area contributed by atoms with Gasteiger partial charge in [-0.05, 0) is 31.4 Å². The first-order valence-corrected chi connectivity index (χ1v) is 7.02. The van der Waals surface area contributed by atoms with Crippen molar-refractivity contribution in [2.75, 3.05) is 18.0 Å².